The first-order valence-corrected chi connectivity index (χ1v) is 33.4. The van der Waals surface area contributed by atoms with Gasteiger partial charge in [-0.15, -0.1) is 0 Å². The molecule has 2 amide bonds. The first-order chi connectivity index (χ1) is 49.2. The highest BCUT2D eigenvalue weighted by atomic mass is 16.8. The average Bonchev–Trinajstić information content (AvgIpc) is 0.760. The van der Waals surface area contributed by atoms with Crippen LogP contribution in [0.5, 0.6) is 0 Å². The number of aliphatic hydroxyl groups excluding tert-OH is 25. The molecule has 0 saturated carbocycles. The second-order valence-electron chi connectivity index (χ2n) is 26.6. The highest BCUT2D eigenvalue weighted by Crippen LogP contribution is 2.41. The van der Waals surface area contributed by atoms with E-state index in [1.807, 2.05) is 0 Å². The SMILES string of the molecule is CC(=O)N[C@@H]1[C@@H](O[C@@H]2O[C@@H](C)[C@@H](O)[C@@H](O)[C@@H]2O)[C@H](O[C@@H]2O[C@H](CO)[C@@H](O[C@@H]3O[C@H](CO)[C@@H](O[C@@H]4O[C@H](CO)[C@H](O)[C@H](O)[C@H]4O)[C@H](O[C@H]4O[C@H](CO)[C@@H](O[C@H]5O[C@H](CO)[C@H](O)[C@H](O)[C@H]5O)[C@H](O)[C@@H]4O)[C@@H]3O)[C@H](O[C@@H]3O[C@@H](C)[C@@H](O)[C@@H](O)[C@@H]3OC3O[C@H](CO)[C@H](O)[C@H](O)[C@H]3O)[C@H]2NC(C)=O)[C@@H](CO)O[C@H]1O. The number of amides is 2. The van der Waals surface area contributed by atoms with Crippen LogP contribution >= 0.6 is 0 Å². The Bertz CT molecular complexity index is 2670. The molecule has 46 heteroatoms. The van der Waals surface area contributed by atoms with E-state index in [4.69, 9.17) is 80.5 Å². The average molecular weight is 1530 g/mol. The Morgan fingerprint density at radius 3 is 0.942 bits per heavy atom. The molecule has 9 aliphatic rings. The van der Waals surface area contributed by atoms with Crippen molar-refractivity contribution in [3.8, 4) is 0 Å². The third-order valence-electron chi connectivity index (χ3n) is 19.5. The summed E-state index contributed by atoms with van der Waals surface area (Å²) < 4.78 is 102. The smallest absolute Gasteiger partial charge is 0.217 e. The molecule has 27 N–H and O–H groups in total. The maximum absolute atomic E-state index is 13.8. The molecule has 9 aliphatic heterocycles. The van der Waals surface area contributed by atoms with E-state index in [1.165, 1.54) is 13.8 Å². The molecule has 9 saturated heterocycles. The minimum atomic E-state index is -2.60. The topological polar surface area (TPSA) is 721 Å². The van der Waals surface area contributed by atoms with Crippen molar-refractivity contribution < 1.29 is 218 Å². The Kier molecular flexibility index (Phi) is 30.0. The summed E-state index contributed by atoms with van der Waals surface area (Å²) in [6.07, 6.45) is -89.2. The summed E-state index contributed by atoms with van der Waals surface area (Å²) in [4.78, 5) is 26.7. The van der Waals surface area contributed by atoms with E-state index in [-0.39, 0.29) is 0 Å². The number of hydrogen-bond acceptors (Lipinski definition) is 44. The highest BCUT2D eigenvalue weighted by Gasteiger charge is 2.62. The quantitative estimate of drug-likeness (QED) is 0.0404. The van der Waals surface area contributed by atoms with Crippen molar-refractivity contribution in [2.24, 2.45) is 0 Å². The lowest BCUT2D eigenvalue weighted by Crippen LogP contribution is -2.72. The molecule has 0 spiro atoms. The first kappa shape index (κ1) is 85.3. The Morgan fingerprint density at radius 1 is 0.250 bits per heavy atom. The number of hydrogen-bond donors (Lipinski definition) is 27. The zero-order valence-corrected chi connectivity index (χ0v) is 55.9. The van der Waals surface area contributed by atoms with Crippen molar-refractivity contribution in [1.82, 2.24) is 10.6 Å². The van der Waals surface area contributed by atoms with Crippen LogP contribution in [-0.2, 0) is 90.1 Å². The van der Waals surface area contributed by atoms with Crippen LogP contribution in [0, 0.1) is 0 Å². The lowest BCUT2D eigenvalue weighted by atomic mass is 9.92. The molecule has 46 nitrogen and oxygen atoms in total. The van der Waals surface area contributed by atoms with Crippen LogP contribution in [0.4, 0.5) is 0 Å². The van der Waals surface area contributed by atoms with Crippen molar-refractivity contribution in [3.63, 3.8) is 0 Å². The van der Waals surface area contributed by atoms with E-state index in [9.17, 15) is 137 Å². The van der Waals surface area contributed by atoms with Crippen molar-refractivity contribution in [1.29, 1.82) is 0 Å². The van der Waals surface area contributed by atoms with Gasteiger partial charge in [0.1, 0.15) is 207 Å². The van der Waals surface area contributed by atoms with E-state index in [2.05, 4.69) is 10.6 Å². The van der Waals surface area contributed by atoms with E-state index in [0.717, 1.165) is 13.8 Å². The Hall–Kier alpha value is -2.74. The first-order valence-electron chi connectivity index (χ1n) is 33.4. The molecule has 0 aromatic rings. The van der Waals surface area contributed by atoms with Crippen LogP contribution < -0.4 is 10.6 Å². The molecular formula is C58H98N2O44. The zero-order valence-electron chi connectivity index (χ0n) is 55.9. The van der Waals surface area contributed by atoms with Crippen LogP contribution in [0.1, 0.15) is 27.7 Å². The van der Waals surface area contributed by atoms with Gasteiger partial charge >= 0.3 is 0 Å². The van der Waals surface area contributed by atoms with Crippen molar-refractivity contribution in [2.75, 3.05) is 46.2 Å². The molecule has 0 aliphatic carbocycles. The van der Waals surface area contributed by atoms with Gasteiger partial charge in [-0.1, -0.05) is 0 Å². The Balaban J connectivity index is 1.13. The van der Waals surface area contributed by atoms with Crippen molar-refractivity contribution in [3.05, 3.63) is 0 Å². The van der Waals surface area contributed by atoms with Gasteiger partial charge in [0.25, 0.3) is 0 Å². The van der Waals surface area contributed by atoms with Crippen LogP contribution in [-0.4, -0.2) is 462 Å². The minimum absolute atomic E-state index is 0.882. The minimum Gasteiger partial charge on any atom is -0.394 e. The molecular weight excluding hydrogens is 1430 g/mol. The predicted octanol–water partition coefficient (Wildman–Crippen LogP) is -18.3. The largest absolute Gasteiger partial charge is 0.394 e. The third-order valence-corrected chi connectivity index (χ3v) is 19.5. The highest BCUT2D eigenvalue weighted by molar-refractivity contribution is 5.73. The summed E-state index contributed by atoms with van der Waals surface area (Å²) >= 11 is 0. The van der Waals surface area contributed by atoms with E-state index < -0.39 is 334 Å². The second-order valence-corrected chi connectivity index (χ2v) is 26.6. The second kappa shape index (κ2) is 36.6. The van der Waals surface area contributed by atoms with Gasteiger partial charge in [-0.05, 0) is 13.8 Å². The van der Waals surface area contributed by atoms with E-state index in [0.29, 0.717) is 0 Å². The van der Waals surface area contributed by atoms with Gasteiger partial charge in [-0.3, -0.25) is 9.59 Å². The number of carbonyl (C=O) groups excluding carboxylic acids is 2. The fraction of sp³-hybridized carbons (Fsp3) is 0.966. The molecule has 0 aromatic heterocycles. The molecule has 0 aromatic carbocycles. The zero-order chi connectivity index (χ0) is 76.5. The number of aliphatic hydroxyl groups is 25. The normalized spacial score (nSPS) is 51.9. The molecule has 0 bridgehead atoms. The van der Waals surface area contributed by atoms with Gasteiger partial charge in [0.2, 0.25) is 11.8 Å². The summed E-state index contributed by atoms with van der Waals surface area (Å²) in [5.41, 5.74) is 0. The number of rotatable bonds is 25. The van der Waals surface area contributed by atoms with Gasteiger partial charge in [0, 0.05) is 13.8 Å². The molecule has 0 radical (unpaired) electrons. The van der Waals surface area contributed by atoms with Gasteiger partial charge in [0.15, 0.2) is 56.6 Å². The van der Waals surface area contributed by atoms with Crippen molar-refractivity contribution >= 4 is 11.8 Å². The van der Waals surface area contributed by atoms with Crippen molar-refractivity contribution in [2.45, 2.75) is 304 Å². The van der Waals surface area contributed by atoms with Gasteiger partial charge in [0.05, 0.1) is 58.5 Å². The van der Waals surface area contributed by atoms with Gasteiger partial charge in [-0.25, -0.2) is 0 Å². The lowest BCUT2D eigenvalue weighted by Gasteiger charge is -2.53. The summed E-state index contributed by atoms with van der Waals surface area (Å²) in [7, 11) is 0. The maximum Gasteiger partial charge on any atom is 0.217 e. The Labute approximate surface area is 589 Å². The maximum atomic E-state index is 13.8. The predicted molar refractivity (Wildman–Crippen MR) is 317 cm³/mol. The summed E-state index contributed by atoms with van der Waals surface area (Å²) in [6, 6.07) is -3.95. The molecule has 9 rings (SSSR count). The number of carbonyl (C=O) groups is 2. The molecule has 9 fully saturated rings. The summed E-state index contributed by atoms with van der Waals surface area (Å²) in [5, 5.41) is 280. The molecule has 1 unspecified atom stereocenters. The molecule has 104 heavy (non-hydrogen) atoms. The fourth-order valence-corrected chi connectivity index (χ4v) is 13.6. The summed E-state index contributed by atoms with van der Waals surface area (Å²) in [6.45, 7) is -3.59. The number of nitrogens with one attached hydrogen (secondary N) is 2. The van der Waals surface area contributed by atoms with Gasteiger partial charge < -0.3 is 219 Å². The molecule has 45 atom stereocenters. The van der Waals surface area contributed by atoms with E-state index >= 15 is 0 Å². The Morgan fingerprint density at radius 2 is 0.510 bits per heavy atom. The standard InChI is InChI=1S/C58H98N2O44/c1-12-25(70)30(75)36(81)52(88-12)101-46-23(59-14(3)68)50(87)90-20(9-65)43(46)98-51-24(60-15(4)69)47(102-58-49(34(79)26(71)13(2)89-58)104-55-39(84)33(78)29(74)18(7-63)93-55)44(21(10-66)94-51)99-57-41(86)48(45(22(11-67)96-57)100-54-38(83)32(77)28(73)17(6-62)92-54)103-56-40(85)35(80)42(19(8-64)95-56)97-53-37(82)31(76)27(72)16(5-61)91-53/h12-13,16-58,61-67,70-87H,5-11H2,1-4H3,(H,59,68)(H,60,69)/t12-,13-,16+,17+,18+,19+,20+,21+,22+,23+,24+,25+,26+,27-,28-,29-,30+,31-,32-,33-,34+,35+,36-,37+,38+,39+,40-,41-,42+,43+,44+,45+,46+,47+,48+,49-,50+,51-,52-,53+,54-,55?,56+,57-,58-/m0/s1. The monoisotopic (exact) mass is 1530 g/mol. The van der Waals surface area contributed by atoms with Gasteiger partial charge in [-0.2, -0.15) is 0 Å². The molecule has 9 heterocycles. The fourth-order valence-electron chi connectivity index (χ4n) is 13.6. The third kappa shape index (κ3) is 17.9. The van der Waals surface area contributed by atoms with Crippen LogP contribution in [0.15, 0.2) is 0 Å². The van der Waals surface area contributed by atoms with Crippen LogP contribution in [0.3, 0.4) is 0 Å². The van der Waals surface area contributed by atoms with Crippen LogP contribution in [0.25, 0.3) is 0 Å². The number of ether oxygens (including phenoxy) is 17. The summed E-state index contributed by atoms with van der Waals surface area (Å²) in [5.74, 6) is -1.93. The van der Waals surface area contributed by atoms with Crippen LogP contribution in [0.2, 0.25) is 0 Å². The molecule has 604 valence electrons. The van der Waals surface area contributed by atoms with E-state index in [1.54, 1.807) is 0 Å². The lowest BCUT2D eigenvalue weighted by molar-refractivity contribution is -0.412.